The zero-order valence-corrected chi connectivity index (χ0v) is 23.2. The van der Waals surface area contributed by atoms with Crippen molar-refractivity contribution in [3.05, 3.63) is 65.7 Å². The predicted molar refractivity (Wildman–Crippen MR) is 146 cm³/mol. The molecule has 1 amide bonds. The van der Waals surface area contributed by atoms with E-state index in [1.807, 2.05) is 0 Å². The third-order valence-electron chi connectivity index (χ3n) is 12.1. The first-order valence-corrected chi connectivity index (χ1v) is 15.6. The van der Waals surface area contributed by atoms with Crippen molar-refractivity contribution in [3.8, 4) is 0 Å². The molecule has 0 radical (unpaired) electrons. The Bertz CT molecular complexity index is 1390. The molecule has 6 heteroatoms. The summed E-state index contributed by atoms with van der Waals surface area (Å²) >= 11 is 0. The first-order chi connectivity index (χ1) is 17.5. The highest BCUT2D eigenvalue weighted by Crippen LogP contribution is 2.75. The van der Waals surface area contributed by atoms with E-state index in [-0.39, 0.29) is 51.8 Å². The average molecular weight is 519 g/mol. The van der Waals surface area contributed by atoms with Gasteiger partial charge in [0.15, 0.2) is 0 Å². The van der Waals surface area contributed by atoms with E-state index in [0.717, 1.165) is 25.7 Å². The highest BCUT2D eigenvalue weighted by Gasteiger charge is 2.76. The maximum atomic E-state index is 14.5. The average Bonchev–Trinajstić information content (AvgIpc) is 3.43. The third kappa shape index (κ3) is 2.81. The van der Waals surface area contributed by atoms with Crippen molar-refractivity contribution in [3.63, 3.8) is 0 Å². The quantitative estimate of drug-likeness (QED) is 0.524. The molecule has 1 saturated heterocycles. The number of carbonyl (C=O) groups is 1. The first kappa shape index (κ1) is 23.8. The Morgan fingerprint density at radius 1 is 0.946 bits per heavy atom. The number of hydrogen-bond donors (Lipinski definition) is 0. The molecule has 37 heavy (non-hydrogen) atoms. The van der Waals surface area contributed by atoms with E-state index in [1.165, 1.54) is 21.1 Å². The SMILES string of the molecule is CN1c2ccccc2C2C(c3ccccc3)CC[C@@H](C(=O)N3C4C[C@]5(C)CC[C@@]4(CS3(=O)=O)C5(C)C)[C@@H]21. The van der Waals surface area contributed by atoms with Crippen LogP contribution in [0.25, 0.3) is 0 Å². The lowest BCUT2D eigenvalue weighted by Crippen LogP contribution is -2.53. The molecule has 4 fully saturated rings. The van der Waals surface area contributed by atoms with Crippen molar-refractivity contribution in [2.75, 3.05) is 17.7 Å². The topological polar surface area (TPSA) is 57.7 Å². The summed E-state index contributed by atoms with van der Waals surface area (Å²) in [5.41, 5.74) is 3.44. The van der Waals surface area contributed by atoms with Gasteiger partial charge in [0.25, 0.3) is 0 Å². The lowest BCUT2D eigenvalue weighted by atomic mass is 9.65. The van der Waals surface area contributed by atoms with Crippen molar-refractivity contribution in [2.45, 2.75) is 76.8 Å². The van der Waals surface area contributed by atoms with Crippen molar-refractivity contribution in [1.82, 2.24) is 4.31 Å². The van der Waals surface area contributed by atoms with Gasteiger partial charge in [0, 0.05) is 30.1 Å². The van der Waals surface area contributed by atoms with Crippen LogP contribution in [0.15, 0.2) is 54.6 Å². The van der Waals surface area contributed by atoms with Crippen molar-refractivity contribution in [1.29, 1.82) is 0 Å². The van der Waals surface area contributed by atoms with Crippen LogP contribution in [-0.2, 0) is 14.8 Å². The van der Waals surface area contributed by atoms with Gasteiger partial charge in [-0.2, -0.15) is 0 Å². The molecule has 3 unspecified atom stereocenters. The molecule has 196 valence electrons. The van der Waals surface area contributed by atoms with Crippen LogP contribution in [0.2, 0.25) is 0 Å². The summed E-state index contributed by atoms with van der Waals surface area (Å²) in [6, 6.07) is 18.9. The zero-order valence-electron chi connectivity index (χ0n) is 22.4. The minimum atomic E-state index is -3.65. The number of rotatable bonds is 2. The number of benzene rings is 2. The van der Waals surface area contributed by atoms with Crippen LogP contribution in [0.5, 0.6) is 0 Å². The van der Waals surface area contributed by atoms with Gasteiger partial charge in [-0.25, -0.2) is 12.7 Å². The predicted octanol–water partition coefficient (Wildman–Crippen LogP) is 5.54. The number of carbonyl (C=O) groups excluding carboxylic acids is 1. The molecule has 7 rings (SSSR count). The number of sulfonamides is 1. The molecule has 7 atom stereocenters. The maximum Gasteiger partial charge on any atom is 0.241 e. The standard InChI is InChI=1S/C31H38N2O3S/c1-29(2)30(3)16-17-31(29)19-37(35,36)33(25(31)18-30)28(34)23-15-14-21(20-10-6-5-7-11-20)26-22-12-8-9-13-24(22)32(4)27(23)26/h5-13,21,23,25-27H,14-19H2,1-4H3/t21?,23-,25?,26?,27+,30+,31+/m1/s1. The van der Waals surface area contributed by atoms with Gasteiger partial charge in [-0.15, -0.1) is 0 Å². The van der Waals surface area contributed by atoms with Crippen LogP contribution in [0, 0.1) is 22.2 Å². The summed E-state index contributed by atoms with van der Waals surface area (Å²) in [5, 5.41) is 0. The molecule has 1 spiro atoms. The Hall–Kier alpha value is -2.34. The Labute approximate surface area is 221 Å². The monoisotopic (exact) mass is 518 g/mol. The maximum absolute atomic E-state index is 14.5. The second-order valence-electron chi connectivity index (χ2n) is 13.3. The summed E-state index contributed by atoms with van der Waals surface area (Å²) in [4.78, 5) is 16.8. The number of fused-ring (bicyclic) bond motifs is 4. The van der Waals surface area contributed by atoms with Gasteiger partial charge in [-0.05, 0) is 66.0 Å². The fourth-order valence-electron chi connectivity index (χ4n) is 9.69. The van der Waals surface area contributed by atoms with Gasteiger partial charge in [-0.1, -0.05) is 69.3 Å². The lowest BCUT2D eigenvalue weighted by Gasteiger charge is -2.44. The van der Waals surface area contributed by atoms with Gasteiger partial charge in [-0.3, -0.25) is 4.79 Å². The molecular formula is C31H38N2O3S. The smallest absolute Gasteiger partial charge is 0.241 e. The second kappa shape index (κ2) is 7.40. The molecule has 2 aromatic rings. The summed E-state index contributed by atoms with van der Waals surface area (Å²) in [6.07, 6.45) is 4.36. The van der Waals surface area contributed by atoms with E-state index >= 15 is 0 Å². The largest absolute Gasteiger partial charge is 0.370 e. The number of nitrogens with zero attached hydrogens (tertiary/aromatic N) is 2. The molecule has 2 bridgehead atoms. The van der Waals surface area contributed by atoms with Crippen molar-refractivity contribution in [2.24, 2.45) is 22.2 Å². The fraction of sp³-hybridized carbons (Fsp3) is 0.581. The van der Waals surface area contributed by atoms with Gasteiger partial charge >= 0.3 is 0 Å². The molecule has 2 aliphatic heterocycles. The Morgan fingerprint density at radius 2 is 1.65 bits per heavy atom. The summed E-state index contributed by atoms with van der Waals surface area (Å²) in [6.45, 7) is 6.83. The molecule has 2 aromatic carbocycles. The number of anilines is 1. The minimum Gasteiger partial charge on any atom is -0.370 e. The number of likely N-dealkylation sites (N-methyl/N-ethyl adjacent to an activating group) is 1. The third-order valence-corrected chi connectivity index (χ3v) is 14.0. The number of amides is 1. The number of para-hydroxylation sites is 1. The van der Waals surface area contributed by atoms with Crippen molar-refractivity contribution < 1.29 is 13.2 Å². The van der Waals surface area contributed by atoms with E-state index in [2.05, 4.69) is 87.3 Å². The van der Waals surface area contributed by atoms with E-state index in [1.54, 1.807) is 0 Å². The summed E-state index contributed by atoms with van der Waals surface area (Å²) in [7, 11) is -1.55. The highest BCUT2D eigenvalue weighted by molar-refractivity contribution is 7.90. The molecular weight excluding hydrogens is 480 g/mol. The van der Waals surface area contributed by atoms with Gasteiger partial charge < -0.3 is 4.90 Å². The summed E-state index contributed by atoms with van der Waals surface area (Å²) < 4.78 is 29.0. The molecule has 3 saturated carbocycles. The number of hydrogen-bond acceptors (Lipinski definition) is 4. The Morgan fingerprint density at radius 3 is 2.38 bits per heavy atom. The molecule has 0 N–H and O–H groups in total. The van der Waals surface area contributed by atoms with Gasteiger partial charge in [0.1, 0.15) is 0 Å². The zero-order chi connectivity index (χ0) is 26.0. The van der Waals surface area contributed by atoms with E-state index in [9.17, 15) is 13.2 Å². The Kier molecular flexibility index (Phi) is 4.75. The van der Waals surface area contributed by atoms with E-state index < -0.39 is 10.0 Å². The molecule has 2 heterocycles. The van der Waals surface area contributed by atoms with Crippen LogP contribution >= 0.6 is 0 Å². The first-order valence-electron chi connectivity index (χ1n) is 14.0. The summed E-state index contributed by atoms with van der Waals surface area (Å²) in [5.74, 6) is 0.128. The molecule has 0 aromatic heterocycles. The molecule has 5 nitrogen and oxygen atoms in total. The fourth-order valence-corrected chi connectivity index (χ4v) is 12.3. The van der Waals surface area contributed by atoms with Crippen molar-refractivity contribution >= 4 is 21.6 Å². The lowest BCUT2D eigenvalue weighted by molar-refractivity contribution is -0.135. The second-order valence-corrected chi connectivity index (χ2v) is 15.2. The van der Waals surface area contributed by atoms with Gasteiger partial charge in [0.05, 0.1) is 17.7 Å². The van der Waals surface area contributed by atoms with Crippen LogP contribution in [-0.4, -0.2) is 43.5 Å². The van der Waals surface area contributed by atoms with E-state index in [4.69, 9.17) is 0 Å². The van der Waals surface area contributed by atoms with Crippen LogP contribution in [0.3, 0.4) is 0 Å². The van der Waals surface area contributed by atoms with Crippen LogP contribution in [0.4, 0.5) is 5.69 Å². The van der Waals surface area contributed by atoms with Crippen LogP contribution in [0.1, 0.15) is 75.8 Å². The highest BCUT2D eigenvalue weighted by atomic mass is 32.2. The van der Waals surface area contributed by atoms with E-state index in [0.29, 0.717) is 12.3 Å². The van der Waals surface area contributed by atoms with Gasteiger partial charge in [0.2, 0.25) is 15.9 Å². The van der Waals surface area contributed by atoms with Crippen LogP contribution < -0.4 is 4.90 Å². The minimum absolute atomic E-state index is 0.0437. The molecule has 3 aliphatic carbocycles. The Balaban J connectivity index is 1.29. The normalized spacial score (nSPS) is 40.4. The molecule has 5 aliphatic rings.